The molecule has 2 heterocycles. The summed E-state index contributed by atoms with van der Waals surface area (Å²) < 4.78 is 2.63. The number of benzene rings is 1. The zero-order valence-electron chi connectivity index (χ0n) is 10.2. The van der Waals surface area contributed by atoms with Crippen molar-refractivity contribution >= 4 is 34.6 Å². The van der Waals surface area contributed by atoms with Crippen molar-refractivity contribution in [2.75, 3.05) is 0 Å². The van der Waals surface area contributed by atoms with Crippen molar-refractivity contribution in [3.05, 3.63) is 44.6 Å². The molecule has 0 aliphatic rings. The molecule has 1 aromatic carbocycles. The standard InChI is InChI=1S/C13H10N4S2/c1-8-6-15-12(19-8)7-17-11-4-9(5-14)2-3-10(11)16-13(17)18/h2-4,6H,7H2,1H3,(H,16,18). The smallest absolute Gasteiger partial charge is 0.178 e. The van der Waals surface area contributed by atoms with E-state index >= 15 is 0 Å². The van der Waals surface area contributed by atoms with Crippen LogP contribution in [0.3, 0.4) is 0 Å². The molecular formula is C13H10N4S2. The Morgan fingerprint density at radius 1 is 1.53 bits per heavy atom. The molecule has 0 saturated heterocycles. The number of rotatable bonds is 2. The first-order valence-corrected chi connectivity index (χ1v) is 6.94. The van der Waals surface area contributed by atoms with E-state index in [1.165, 1.54) is 4.88 Å². The summed E-state index contributed by atoms with van der Waals surface area (Å²) >= 11 is 7.00. The van der Waals surface area contributed by atoms with Crippen LogP contribution in [-0.2, 0) is 6.54 Å². The van der Waals surface area contributed by atoms with Gasteiger partial charge in [0, 0.05) is 11.1 Å². The molecule has 1 N–H and O–H groups in total. The second-order valence-corrected chi connectivity index (χ2v) is 5.93. The van der Waals surface area contributed by atoms with Crippen LogP contribution in [-0.4, -0.2) is 14.5 Å². The Hall–Kier alpha value is -1.97. The van der Waals surface area contributed by atoms with E-state index < -0.39 is 0 Å². The molecule has 0 bridgehead atoms. The van der Waals surface area contributed by atoms with Crippen LogP contribution >= 0.6 is 23.6 Å². The minimum Gasteiger partial charge on any atom is -0.331 e. The molecule has 94 valence electrons. The molecule has 0 amide bonds. The van der Waals surface area contributed by atoms with Gasteiger partial charge in [-0.25, -0.2) is 4.98 Å². The summed E-state index contributed by atoms with van der Waals surface area (Å²) in [7, 11) is 0. The van der Waals surface area contributed by atoms with Crippen LogP contribution in [0.5, 0.6) is 0 Å². The van der Waals surface area contributed by atoms with Gasteiger partial charge in [-0.1, -0.05) is 0 Å². The number of aromatic amines is 1. The second-order valence-electron chi connectivity index (χ2n) is 4.22. The average Bonchev–Trinajstić information content (AvgIpc) is 2.94. The number of imidazole rings is 1. The molecule has 19 heavy (non-hydrogen) atoms. The van der Waals surface area contributed by atoms with Crippen molar-refractivity contribution in [3.63, 3.8) is 0 Å². The molecule has 0 aliphatic heterocycles. The molecule has 0 saturated carbocycles. The summed E-state index contributed by atoms with van der Waals surface area (Å²) in [5.74, 6) is 0. The summed E-state index contributed by atoms with van der Waals surface area (Å²) in [6, 6.07) is 7.66. The molecule has 0 radical (unpaired) electrons. The van der Waals surface area contributed by atoms with Gasteiger partial charge in [-0.3, -0.25) is 0 Å². The SMILES string of the molecule is Cc1cnc(Cn2c(=S)[nH]c3ccc(C#N)cc32)s1. The average molecular weight is 286 g/mol. The Bertz CT molecular complexity index is 848. The zero-order valence-corrected chi connectivity index (χ0v) is 11.8. The van der Waals surface area contributed by atoms with E-state index in [1.807, 2.05) is 29.8 Å². The number of nitrogens with zero attached hydrogens (tertiary/aromatic N) is 3. The van der Waals surface area contributed by atoms with Gasteiger partial charge in [-0.05, 0) is 37.3 Å². The third kappa shape index (κ3) is 2.18. The third-order valence-electron chi connectivity index (χ3n) is 2.87. The Morgan fingerprint density at radius 2 is 2.37 bits per heavy atom. The molecule has 2 aromatic heterocycles. The first-order valence-electron chi connectivity index (χ1n) is 5.71. The molecule has 0 atom stereocenters. The van der Waals surface area contributed by atoms with E-state index in [4.69, 9.17) is 17.5 Å². The summed E-state index contributed by atoms with van der Waals surface area (Å²) in [6.07, 6.45) is 1.86. The minimum atomic E-state index is 0.630. The van der Waals surface area contributed by atoms with Crippen molar-refractivity contribution in [1.29, 1.82) is 5.26 Å². The number of nitrogens with one attached hydrogen (secondary N) is 1. The second kappa shape index (κ2) is 4.61. The van der Waals surface area contributed by atoms with E-state index in [0.717, 1.165) is 16.0 Å². The predicted octanol–water partition coefficient (Wildman–Crippen LogP) is 3.38. The lowest BCUT2D eigenvalue weighted by atomic mass is 10.2. The maximum absolute atomic E-state index is 8.98. The number of fused-ring (bicyclic) bond motifs is 1. The van der Waals surface area contributed by atoms with Crippen LogP contribution in [0.25, 0.3) is 11.0 Å². The van der Waals surface area contributed by atoms with Gasteiger partial charge >= 0.3 is 0 Å². The molecule has 6 heteroatoms. The summed E-state index contributed by atoms with van der Waals surface area (Å²) in [6.45, 7) is 2.66. The van der Waals surface area contributed by atoms with Gasteiger partial charge in [0.05, 0.1) is 29.2 Å². The topological polar surface area (TPSA) is 57.4 Å². The molecule has 0 unspecified atom stereocenters. The largest absolute Gasteiger partial charge is 0.331 e. The lowest BCUT2D eigenvalue weighted by Crippen LogP contribution is -1.99. The van der Waals surface area contributed by atoms with Gasteiger partial charge in [-0.2, -0.15) is 5.26 Å². The fourth-order valence-electron chi connectivity index (χ4n) is 1.99. The van der Waals surface area contributed by atoms with Gasteiger partial charge in [0.15, 0.2) is 4.77 Å². The van der Waals surface area contributed by atoms with E-state index in [9.17, 15) is 0 Å². The first-order chi connectivity index (χ1) is 9.17. The Labute approximate surface area is 119 Å². The van der Waals surface area contributed by atoms with Crippen LogP contribution < -0.4 is 0 Å². The zero-order chi connectivity index (χ0) is 13.4. The molecule has 0 fully saturated rings. The van der Waals surface area contributed by atoms with Crippen LogP contribution in [0.2, 0.25) is 0 Å². The molecule has 0 spiro atoms. The van der Waals surface area contributed by atoms with E-state index in [0.29, 0.717) is 16.9 Å². The molecular weight excluding hydrogens is 276 g/mol. The molecule has 4 nitrogen and oxygen atoms in total. The predicted molar refractivity (Wildman–Crippen MR) is 77.8 cm³/mol. The fraction of sp³-hybridized carbons (Fsp3) is 0.154. The fourth-order valence-corrected chi connectivity index (χ4v) is 3.04. The number of aromatic nitrogens is 3. The Morgan fingerprint density at radius 3 is 3.05 bits per heavy atom. The Balaban J connectivity index is 2.14. The van der Waals surface area contributed by atoms with Crippen molar-refractivity contribution in [3.8, 4) is 6.07 Å². The van der Waals surface area contributed by atoms with Crippen molar-refractivity contribution in [2.45, 2.75) is 13.5 Å². The van der Waals surface area contributed by atoms with E-state index in [2.05, 4.69) is 16.0 Å². The highest BCUT2D eigenvalue weighted by Gasteiger charge is 2.08. The van der Waals surface area contributed by atoms with Gasteiger partial charge in [-0.15, -0.1) is 11.3 Å². The van der Waals surface area contributed by atoms with Gasteiger partial charge < -0.3 is 9.55 Å². The summed E-state index contributed by atoms with van der Waals surface area (Å²) in [5.41, 5.74) is 2.51. The maximum Gasteiger partial charge on any atom is 0.178 e. The molecule has 3 aromatic rings. The highest BCUT2D eigenvalue weighted by molar-refractivity contribution is 7.71. The van der Waals surface area contributed by atoms with Crippen molar-refractivity contribution < 1.29 is 0 Å². The van der Waals surface area contributed by atoms with E-state index in [1.54, 1.807) is 17.4 Å². The van der Waals surface area contributed by atoms with Crippen molar-refractivity contribution in [2.24, 2.45) is 0 Å². The summed E-state index contributed by atoms with van der Waals surface area (Å²) in [4.78, 5) is 8.68. The number of nitriles is 1. The quantitative estimate of drug-likeness (QED) is 0.735. The number of aryl methyl sites for hydroxylation is 1. The van der Waals surface area contributed by atoms with E-state index in [-0.39, 0.29) is 0 Å². The lowest BCUT2D eigenvalue weighted by molar-refractivity contribution is 0.803. The third-order valence-corrected chi connectivity index (χ3v) is 4.09. The minimum absolute atomic E-state index is 0.630. The van der Waals surface area contributed by atoms with Crippen LogP contribution in [0.1, 0.15) is 15.4 Å². The molecule has 3 rings (SSSR count). The Kier molecular flexibility index (Phi) is 2.93. The monoisotopic (exact) mass is 286 g/mol. The highest BCUT2D eigenvalue weighted by Crippen LogP contribution is 2.19. The molecule has 0 aliphatic carbocycles. The normalized spacial score (nSPS) is 10.7. The van der Waals surface area contributed by atoms with Crippen LogP contribution in [0.15, 0.2) is 24.4 Å². The number of thiazole rings is 1. The van der Waals surface area contributed by atoms with Gasteiger partial charge in [0.1, 0.15) is 5.01 Å². The van der Waals surface area contributed by atoms with Crippen molar-refractivity contribution in [1.82, 2.24) is 14.5 Å². The maximum atomic E-state index is 8.98. The lowest BCUT2D eigenvalue weighted by Gasteiger charge is -2.01. The van der Waals surface area contributed by atoms with Crippen LogP contribution in [0, 0.1) is 23.0 Å². The number of hydrogen-bond acceptors (Lipinski definition) is 4. The van der Waals surface area contributed by atoms with Gasteiger partial charge in [0.25, 0.3) is 0 Å². The first kappa shape index (κ1) is 12.1. The number of H-pyrrole nitrogens is 1. The number of hydrogen-bond donors (Lipinski definition) is 1. The van der Waals surface area contributed by atoms with Gasteiger partial charge in [0.2, 0.25) is 0 Å². The highest BCUT2D eigenvalue weighted by atomic mass is 32.1. The van der Waals surface area contributed by atoms with Crippen LogP contribution in [0.4, 0.5) is 0 Å². The summed E-state index contributed by atoms with van der Waals surface area (Å²) in [5, 5.41) is 9.99.